The Morgan fingerprint density at radius 1 is 1.35 bits per heavy atom. The number of methoxy groups -OCH3 is 1. The second kappa shape index (κ2) is 8.03. The van der Waals surface area contributed by atoms with Gasteiger partial charge in [0.2, 0.25) is 0 Å². The first-order valence-electron chi connectivity index (χ1n) is 7.40. The Morgan fingerprint density at radius 2 is 2.00 bits per heavy atom. The summed E-state index contributed by atoms with van der Waals surface area (Å²) >= 11 is 0. The molecule has 7 nitrogen and oxygen atoms in total. The number of amides is 1. The first kappa shape index (κ1) is 19.1. The van der Waals surface area contributed by atoms with Gasteiger partial charge in [0.15, 0.2) is 0 Å². The molecule has 0 bridgehead atoms. The van der Waals surface area contributed by atoms with E-state index in [4.69, 9.17) is 15.2 Å². The molecule has 0 saturated carbocycles. The maximum Gasteiger partial charge on any atom is 0.407 e. The van der Waals surface area contributed by atoms with Crippen LogP contribution in [0.25, 0.3) is 0 Å². The second-order valence-corrected chi connectivity index (χ2v) is 6.22. The zero-order valence-corrected chi connectivity index (χ0v) is 14.0. The molecule has 0 aliphatic heterocycles. The van der Waals surface area contributed by atoms with E-state index in [9.17, 15) is 15.0 Å². The number of hydrogen-bond donors (Lipinski definition) is 4. The number of carbonyl (C=O) groups is 1. The van der Waals surface area contributed by atoms with Crippen LogP contribution in [0.15, 0.2) is 18.2 Å². The van der Waals surface area contributed by atoms with Crippen LogP contribution in [0.1, 0.15) is 38.9 Å². The van der Waals surface area contributed by atoms with Gasteiger partial charge >= 0.3 is 6.09 Å². The van der Waals surface area contributed by atoms with E-state index in [0.29, 0.717) is 17.0 Å². The van der Waals surface area contributed by atoms with Gasteiger partial charge in [-0.1, -0.05) is 0 Å². The Labute approximate surface area is 136 Å². The molecule has 0 radical (unpaired) electrons. The monoisotopic (exact) mass is 326 g/mol. The highest BCUT2D eigenvalue weighted by atomic mass is 16.6. The Hall–Kier alpha value is -1.99. The average Bonchev–Trinajstić information content (AvgIpc) is 2.45. The molecule has 1 rings (SSSR count). The Kier molecular flexibility index (Phi) is 6.65. The van der Waals surface area contributed by atoms with Crippen molar-refractivity contribution in [3.8, 4) is 5.75 Å². The Balaban J connectivity index is 2.54. The summed E-state index contributed by atoms with van der Waals surface area (Å²) < 4.78 is 10.2. The van der Waals surface area contributed by atoms with Gasteiger partial charge < -0.3 is 30.7 Å². The molecule has 2 atom stereocenters. The van der Waals surface area contributed by atoms with Crippen LogP contribution >= 0.6 is 0 Å². The number of anilines is 1. The van der Waals surface area contributed by atoms with E-state index in [0.717, 1.165) is 0 Å². The van der Waals surface area contributed by atoms with Crippen LogP contribution in [0.3, 0.4) is 0 Å². The first-order valence-corrected chi connectivity index (χ1v) is 7.40. The maximum atomic E-state index is 11.5. The molecule has 1 amide bonds. The van der Waals surface area contributed by atoms with E-state index in [-0.39, 0.29) is 13.0 Å². The molecule has 23 heavy (non-hydrogen) atoms. The molecule has 7 heteroatoms. The third-order valence-electron chi connectivity index (χ3n) is 3.09. The van der Waals surface area contributed by atoms with E-state index in [1.165, 1.54) is 7.11 Å². The summed E-state index contributed by atoms with van der Waals surface area (Å²) in [5, 5.41) is 22.8. The number of rotatable bonds is 6. The quantitative estimate of drug-likeness (QED) is 0.590. The lowest BCUT2D eigenvalue weighted by Gasteiger charge is -2.22. The lowest BCUT2D eigenvalue weighted by Crippen LogP contribution is -2.34. The lowest BCUT2D eigenvalue weighted by atomic mass is 10.00. The topological polar surface area (TPSA) is 114 Å². The van der Waals surface area contributed by atoms with Crippen molar-refractivity contribution in [2.75, 3.05) is 19.4 Å². The molecule has 0 aromatic heterocycles. The zero-order chi connectivity index (χ0) is 17.6. The summed E-state index contributed by atoms with van der Waals surface area (Å²) in [6.07, 6.45) is -2.68. The van der Waals surface area contributed by atoms with Gasteiger partial charge in [0.1, 0.15) is 17.5 Å². The van der Waals surface area contributed by atoms with Crippen molar-refractivity contribution in [2.24, 2.45) is 0 Å². The summed E-state index contributed by atoms with van der Waals surface area (Å²) in [6, 6.07) is 4.84. The van der Waals surface area contributed by atoms with E-state index < -0.39 is 23.9 Å². The molecule has 0 heterocycles. The van der Waals surface area contributed by atoms with Crippen molar-refractivity contribution in [3.63, 3.8) is 0 Å². The fourth-order valence-corrected chi connectivity index (χ4v) is 1.94. The molecule has 0 aliphatic rings. The number of aliphatic hydroxyl groups excluding tert-OH is 2. The van der Waals surface area contributed by atoms with Crippen LogP contribution in [-0.4, -0.2) is 41.7 Å². The molecule has 2 unspecified atom stereocenters. The number of nitrogens with one attached hydrogen (secondary N) is 1. The van der Waals surface area contributed by atoms with Crippen molar-refractivity contribution in [3.05, 3.63) is 23.8 Å². The summed E-state index contributed by atoms with van der Waals surface area (Å²) in [6.45, 7) is 5.45. The number of carbonyl (C=O) groups excluding carboxylic acids is 1. The van der Waals surface area contributed by atoms with E-state index in [1.807, 2.05) is 0 Å². The van der Waals surface area contributed by atoms with Crippen LogP contribution in [-0.2, 0) is 4.74 Å². The number of ether oxygens (including phenoxy) is 2. The normalized spacial score (nSPS) is 14.0. The van der Waals surface area contributed by atoms with Gasteiger partial charge in [-0.2, -0.15) is 0 Å². The Bertz CT molecular complexity index is 528. The van der Waals surface area contributed by atoms with Gasteiger partial charge in [0.25, 0.3) is 0 Å². The Morgan fingerprint density at radius 3 is 2.57 bits per heavy atom. The zero-order valence-electron chi connectivity index (χ0n) is 14.0. The van der Waals surface area contributed by atoms with Gasteiger partial charge in [-0.15, -0.1) is 0 Å². The summed E-state index contributed by atoms with van der Waals surface area (Å²) in [5.41, 5.74) is 5.97. The molecule has 0 saturated heterocycles. The van der Waals surface area contributed by atoms with E-state index in [1.54, 1.807) is 39.0 Å². The van der Waals surface area contributed by atoms with Crippen molar-refractivity contribution in [1.29, 1.82) is 0 Å². The fourth-order valence-electron chi connectivity index (χ4n) is 1.94. The van der Waals surface area contributed by atoms with Crippen LogP contribution in [0.2, 0.25) is 0 Å². The average molecular weight is 326 g/mol. The van der Waals surface area contributed by atoms with Crippen LogP contribution < -0.4 is 15.8 Å². The highest BCUT2D eigenvalue weighted by molar-refractivity contribution is 5.67. The van der Waals surface area contributed by atoms with Crippen molar-refractivity contribution in [1.82, 2.24) is 5.32 Å². The smallest absolute Gasteiger partial charge is 0.407 e. The number of nitrogens with two attached hydrogens (primary N) is 1. The number of nitrogen functional groups attached to an aromatic ring is 1. The highest BCUT2D eigenvalue weighted by Gasteiger charge is 2.22. The second-order valence-electron chi connectivity index (χ2n) is 6.22. The fraction of sp³-hybridized carbons (Fsp3) is 0.562. The predicted octanol–water partition coefficient (Wildman–Crippen LogP) is 1.59. The summed E-state index contributed by atoms with van der Waals surface area (Å²) in [7, 11) is 1.50. The third-order valence-corrected chi connectivity index (χ3v) is 3.09. The van der Waals surface area contributed by atoms with Gasteiger partial charge in [0, 0.05) is 17.8 Å². The maximum absolute atomic E-state index is 11.5. The first-order chi connectivity index (χ1) is 10.6. The number of benzene rings is 1. The molecular formula is C16H26N2O5. The molecule has 0 spiro atoms. The largest absolute Gasteiger partial charge is 0.497 e. The minimum Gasteiger partial charge on any atom is -0.497 e. The number of hydrogen-bond acceptors (Lipinski definition) is 6. The minimum absolute atomic E-state index is 0.150. The van der Waals surface area contributed by atoms with Crippen LogP contribution in [0, 0.1) is 0 Å². The van der Waals surface area contributed by atoms with Crippen molar-refractivity contribution < 1.29 is 24.5 Å². The van der Waals surface area contributed by atoms with Crippen LogP contribution in [0.4, 0.5) is 10.5 Å². The van der Waals surface area contributed by atoms with Crippen molar-refractivity contribution in [2.45, 2.75) is 45.0 Å². The number of aliphatic hydroxyl groups is 2. The third kappa shape index (κ3) is 6.33. The molecule has 130 valence electrons. The SMILES string of the molecule is COc1ccc(N)c(C(O)C(O)CCNC(=O)OC(C)(C)C)c1. The molecule has 0 aliphatic carbocycles. The standard InChI is InChI=1S/C16H26N2O5/c1-16(2,3)23-15(21)18-8-7-13(19)14(20)11-9-10(22-4)5-6-12(11)17/h5-6,9,13-14,19-20H,7-8,17H2,1-4H3,(H,18,21). The van der Waals surface area contributed by atoms with Crippen LogP contribution in [0.5, 0.6) is 5.75 Å². The van der Waals surface area contributed by atoms with Gasteiger partial charge in [0.05, 0.1) is 13.2 Å². The van der Waals surface area contributed by atoms with Crippen molar-refractivity contribution >= 4 is 11.8 Å². The molecule has 0 fully saturated rings. The highest BCUT2D eigenvalue weighted by Crippen LogP contribution is 2.28. The molecule has 1 aromatic carbocycles. The van der Waals surface area contributed by atoms with E-state index in [2.05, 4.69) is 5.32 Å². The molecule has 1 aromatic rings. The number of alkyl carbamates (subject to hydrolysis) is 1. The molecular weight excluding hydrogens is 300 g/mol. The van der Waals surface area contributed by atoms with E-state index >= 15 is 0 Å². The molecule has 5 N–H and O–H groups in total. The van der Waals surface area contributed by atoms with Gasteiger partial charge in [-0.3, -0.25) is 0 Å². The summed E-state index contributed by atoms with van der Waals surface area (Å²) in [4.78, 5) is 11.5. The van der Waals surface area contributed by atoms with Gasteiger partial charge in [-0.05, 0) is 45.4 Å². The predicted molar refractivity (Wildman–Crippen MR) is 87.2 cm³/mol. The minimum atomic E-state index is -1.18. The lowest BCUT2D eigenvalue weighted by molar-refractivity contribution is 0.0126. The van der Waals surface area contributed by atoms with Gasteiger partial charge in [-0.25, -0.2) is 4.79 Å². The summed E-state index contributed by atoms with van der Waals surface area (Å²) in [5.74, 6) is 0.535.